The van der Waals surface area contributed by atoms with Crippen LogP contribution in [0, 0.1) is 0 Å². The molecular weight excluding hydrogens is 362 g/mol. The maximum atomic E-state index is 12.6. The Balaban J connectivity index is 1.46. The minimum absolute atomic E-state index is 0.114. The van der Waals surface area contributed by atoms with E-state index in [0.29, 0.717) is 17.4 Å². The summed E-state index contributed by atoms with van der Waals surface area (Å²) in [6.07, 6.45) is 2.89. The van der Waals surface area contributed by atoms with E-state index in [1.54, 1.807) is 12.3 Å². The van der Waals surface area contributed by atoms with Crippen molar-refractivity contribution in [2.24, 2.45) is 0 Å². The summed E-state index contributed by atoms with van der Waals surface area (Å²) in [4.78, 5) is 19.2. The molecule has 0 spiro atoms. The molecule has 5 heteroatoms. The highest BCUT2D eigenvalue weighted by Gasteiger charge is 2.27. The van der Waals surface area contributed by atoms with Gasteiger partial charge in [0.05, 0.1) is 18.0 Å². The van der Waals surface area contributed by atoms with Gasteiger partial charge in [-0.3, -0.25) is 4.79 Å². The Bertz CT molecular complexity index is 997. The van der Waals surface area contributed by atoms with Crippen molar-refractivity contribution < 1.29 is 9.53 Å². The number of ether oxygens (including phenoxy) is 1. The van der Waals surface area contributed by atoms with E-state index in [4.69, 9.17) is 4.74 Å². The van der Waals surface area contributed by atoms with Crippen molar-refractivity contribution in [1.29, 1.82) is 0 Å². The number of rotatable bonds is 5. The number of carbonyl (C=O) groups is 1. The fraction of sp³-hybridized carbons (Fsp3) is 0.250. The lowest BCUT2D eigenvalue weighted by atomic mass is 10.1. The summed E-state index contributed by atoms with van der Waals surface area (Å²) < 4.78 is 5.62. The van der Waals surface area contributed by atoms with Crippen LogP contribution < -0.4 is 15.0 Å². The first-order valence-electron chi connectivity index (χ1n) is 9.92. The summed E-state index contributed by atoms with van der Waals surface area (Å²) in [6, 6.07) is 19.9. The second-order valence-corrected chi connectivity index (χ2v) is 7.60. The van der Waals surface area contributed by atoms with Gasteiger partial charge in [0, 0.05) is 17.4 Å². The number of fused-ring (bicyclic) bond motifs is 1. The van der Waals surface area contributed by atoms with Crippen LogP contribution in [-0.4, -0.2) is 23.0 Å². The molecule has 0 radical (unpaired) electrons. The molecule has 5 nitrogen and oxygen atoms in total. The Morgan fingerprint density at radius 1 is 1.10 bits per heavy atom. The third kappa shape index (κ3) is 4.09. The molecule has 2 aromatic carbocycles. The number of carbonyl (C=O) groups excluding carboxylic acids is 1. The highest BCUT2D eigenvalue weighted by Crippen LogP contribution is 2.37. The van der Waals surface area contributed by atoms with Gasteiger partial charge in [-0.25, -0.2) is 4.98 Å². The van der Waals surface area contributed by atoms with Crippen LogP contribution in [0.25, 0.3) is 0 Å². The largest absolute Gasteiger partial charge is 0.491 e. The third-order valence-corrected chi connectivity index (χ3v) is 4.95. The maximum absolute atomic E-state index is 12.6. The summed E-state index contributed by atoms with van der Waals surface area (Å²) in [5.74, 6) is 0.546. The number of para-hydroxylation sites is 1. The molecule has 0 saturated heterocycles. The SMILES string of the molecule is CC(C)Oc1ccc(NC(=O)c2ccc(N3c4ccccc4CC3C)cn2)cc1. The van der Waals surface area contributed by atoms with Crippen molar-refractivity contribution in [3.05, 3.63) is 78.1 Å². The quantitative estimate of drug-likeness (QED) is 0.653. The lowest BCUT2D eigenvalue weighted by Gasteiger charge is -2.24. The number of amides is 1. The van der Waals surface area contributed by atoms with Crippen LogP contribution in [0.15, 0.2) is 66.9 Å². The molecule has 0 fully saturated rings. The molecule has 4 rings (SSSR count). The number of nitrogens with one attached hydrogen (secondary N) is 1. The van der Waals surface area contributed by atoms with Gasteiger partial charge in [0.1, 0.15) is 11.4 Å². The molecule has 1 atom stereocenters. The summed E-state index contributed by atoms with van der Waals surface area (Å²) in [5, 5.41) is 2.88. The molecule has 3 aromatic rings. The zero-order chi connectivity index (χ0) is 20.4. The smallest absolute Gasteiger partial charge is 0.274 e. The number of hydrogen-bond donors (Lipinski definition) is 1. The van der Waals surface area contributed by atoms with Crippen LogP contribution in [0.5, 0.6) is 5.75 Å². The number of nitrogens with zero attached hydrogens (tertiary/aromatic N) is 2. The van der Waals surface area contributed by atoms with Crippen molar-refractivity contribution in [1.82, 2.24) is 4.98 Å². The highest BCUT2D eigenvalue weighted by molar-refractivity contribution is 6.03. The van der Waals surface area contributed by atoms with Gasteiger partial charge in [-0.15, -0.1) is 0 Å². The lowest BCUT2D eigenvalue weighted by molar-refractivity contribution is 0.102. The van der Waals surface area contributed by atoms with Gasteiger partial charge in [0.15, 0.2) is 0 Å². The van der Waals surface area contributed by atoms with E-state index in [1.807, 2.05) is 44.2 Å². The van der Waals surface area contributed by atoms with Gasteiger partial charge in [-0.1, -0.05) is 18.2 Å². The molecule has 148 valence electrons. The summed E-state index contributed by atoms with van der Waals surface area (Å²) in [6.45, 7) is 6.16. The molecule has 1 amide bonds. The monoisotopic (exact) mass is 387 g/mol. The molecule has 2 heterocycles. The molecule has 0 aliphatic carbocycles. The van der Waals surface area contributed by atoms with Gasteiger partial charge in [0.25, 0.3) is 5.91 Å². The van der Waals surface area contributed by atoms with E-state index in [9.17, 15) is 4.79 Å². The van der Waals surface area contributed by atoms with Gasteiger partial charge < -0.3 is 15.0 Å². The molecule has 29 heavy (non-hydrogen) atoms. The Morgan fingerprint density at radius 2 is 1.86 bits per heavy atom. The Kier molecular flexibility index (Phi) is 5.21. The van der Waals surface area contributed by atoms with Crippen LogP contribution in [0.2, 0.25) is 0 Å². The summed E-state index contributed by atoms with van der Waals surface area (Å²) >= 11 is 0. The lowest BCUT2D eigenvalue weighted by Crippen LogP contribution is -2.24. The first kappa shape index (κ1) is 19.0. The van der Waals surface area contributed by atoms with Crippen molar-refractivity contribution in [2.45, 2.75) is 39.3 Å². The van der Waals surface area contributed by atoms with E-state index in [-0.39, 0.29) is 12.0 Å². The minimum Gasteiger partial charge on any atom is -0.491 e. The van der Waals surface area contributed by atoms with Crippen molar-refractivity contribution >= 4 is 23.0 Å². The first-order chi connectivity index (χ1) is 14.0. The van der Waals surface area contributed by atoms with Crippen molar-refractivity contribution in [2.75, 3.05) is 10.2 Å². The summed E-state index contributed by atoms with van der Waals surface area (Å²) in [5.41, 5.74) is 4.64. The van der Waals surface area contributed by atoms with Crippen LogP contribution in [-0.2, 0) is 6.42 Å². The zero-order valence-electron chi connectivity index (χ0n) is 16.9. The third-order valence-electron chi connectivity index (χ3n) is 4.95. The highest BCUT2D eigenvalue weighted by atomic mass is 16.5. The molecule has 1 N–H and O–H groups in total. The molecule has 1 aliphatic heterocycles. The first-order valence-corrected chi connectivity index (χ1v) is 9.92. The van der Waals surface area contributed by atoms with Gasteiger partial charge in [-0.2, -0.15) is 0 Å². The maximum Gasteiger partial charge on any atom is 0.274 e. The van der Waals surface area contributed by atoms with Crippen LogP contribution in [0.3, 0.4) is 0 Å². The van der Waals surface area contributed by atoms with Gasteiger partial charge in [-0.05, 0) is 75.2 Å². The molecule has 0 saturated carbocycles. The normalized spacial score (nSPS) is 15.3. The average Bonchev–Trinajstić information content (AvgIpc) is 3.05. The topological polar surface area (TPSA) is 54.5 Å². The van der Waals surface area contributed by atoms with Gasteiger partial charge in [0.2, 0.25) is 0 Å². The van der Waals surface area contributed by atoms with Crippen LogP contribution >= 0.6 is 0 Å². The molecular formula is C24H25N3O2. The van der Waals surface area contributed by atoms with Crippen LogP contribution in [0.4, 0.5) is 17.1 Å². The Morgan fingerprint density at radius 3 is 2.55 bits per heavy atom. The molecule has 0 bridgehead atoms. The number of hydrogen-bond acceptors (Lipinski definition) is 4. The standard InChI is InChI=1S/C24H25N3O2/c1-16(2)29-21-11-8-19(9-12-21)26-24(28)22-13-10-20(15-25-22)27-17(3)14-18-6-4-5-7-23(18)27/h4-13,15-17H,14H2,1-3H3,(H,26,28). The second kappa shape index (κ2) is 7.95. The van der Waals surface area contributed by atoms with E-state index >= 15 is 0 Å². The van der Waals surface area contributed by atoms with Crippen LogP contribution in [0.1, 0.15) is 36.8 Å². The van der Waals surface area contributed by atoms with E-state index in [2.05, 4.69) is 46.4 Å². The predicted octanol–water partition coefficient (Wildman–Crippen LogP) is 5.20. The fourth-order valence-corrected chi connectivity index (χ4v) is 3.71. The minimum atomic E-state index is -0.232. The number of pyridine rings is 1. The summed E-state index contributed by atoms with van der Waals surface area (Å²) in [7, 11) is 0. The second-order valence-electron chi connectivity index (χ2n) is 7.60. The Hall–Kier alpha value is -3.34. The van der Waals surface area contributed by atoms with E-state index in [0.717, 1.165) is 17.9 Å². The molecule has 1 unspecified atom stereocenters. The predicted molar refractivity (Wildman–Crippen MR) is 116 cm³/mol. The van der Waals surface area contributed by atoms with Crippen molar-refractivity contribution in [3.8, 4) is 5.75 Å². The molecule has 1 aromatic heterocycles. The zero-order valence-corrected chi connectivity index (χ0v) is 16.9. The van der Waals surface area contributed by atoms with E-state index < -0.39 is 0 Å². The number of benzene rings is 2. The fourth-order valence-electron chi connectivity index (χ4n) is 3.71. The number of anilines is 3. The average molecular weight is 387 g/mol. The van der Waals surface area contributed by atoms with Gasteiger partial charge >= 0.3 is 0 Å². The van der Waals surface area contributed by atoms with Crippen molar-refractivity contribution in [3.63, 3.8) is 0 Å². The number of aromatic nitrogens is 1. The van der Waals surface area contributed by atoms with E-state index in [1.165, 1.54) is 11.3 Å². The Labute approximate surface area is 171 Å². The molecule has 1 aliphatic rings.